The largest absolute Gasteiger partial charge is 0.352 e. The molecule has 1 saturated heterocycles. The third-order valence-electron chi connectivity index (χ3n) is 5.46. The van der Waals surface area contributed by atoms with E-state index in [4.69, 9.17) is 0 Å². The summed E-state index contributed by atoms with van der Waals surface area (Å²) in [5.41, 5.74) is 0. The Kier molecular flexibility index (Phi) is 6.36. The van der Waals surface area contributed by atoms with E-state index >= 15 is 0 Å². The zero-order valence-corrected chi connectivity index (χ0v) is 15.5. The summed E-state index contributed by atoms with van der Waals surface area (Å²) in [5.74, 6) is 2.05. The predicted octanol–water partition coefficient (Wildman–Crippen LogP) is 1.47. The molecule has 0 aromatic rings. The molecular weight excluding hydrogens is 336 g/mol. The van der Waals surface area contributed by atoms with E-state index in [9.17, 15) is 13.2 Å². The van der Waals surface area contributed by atoms with Gasteiger partial charge in [0.05, 0.1) is 5.75 Å². The Balaban J connectivity index is 0.00000192. The smallest absolute Gasteiger partial charge is 0.221 e. The molecular formula is C16H29ClN2O3S. The molecule has 5 nitrogen and oxygen atoms in total. The average Bonchev–Trinajstić information content (AvgIpc) is 3.14. The molecule has 134 valence electrons. The van der Waals surface area contributed by atoms with Crippen LogP contribution in [-0.2, 0) is 14.6 Å². The Hall–Kier alpha value is -0.330. The Morgan fingerprint density at radius 1 is 1.17 bits per heavy atom. The van der Waals surface area contributed by atoms with E-state index in [1.807, 2.05) is 0 Å². The van der Waals surface area contributed by atoms with Gasteiger partial charge >= 0.3 is 0 Å². The molecule has 0 spiro atoms. The molecule has 3 fully saturated rings. The monoisotopic (exact) mass is 364 g/mol. The number of nitrogens with one attached hydrogen (secondary N) is 1. The highest BCUT2D eigenvalue weighted by atomic mass is 35.5. The van der Waals surface area contributed by atoms with Gasteiger partial charge < -0.3 is 10.2 Å². The Bertz CT molecular complexity index is 517. The third kappa shape index (κ3) is 5.61. The van der Waals surface area contributed by atoms with Crippen LogP contribution in [0.5, 0.6) is 0 Å². The number of sulfone groups is 1. The molecule has 0 aromatic heterocycles. The molecule has 1 heterocycles. The number of amides is 1. The summed E-state index contributed by atoms with van der Waals surface area (Å²) in [6.07, 6.45) is 7.94. The molecule has 0 aromatic carbocycles. The predicted molar refractivity (Wildman–Crippen MR) is 93.5 cm³/mol. The fourth-order valence-corrected chi connectivity index (χ4v) is 4.37. The first-order valence-corrected chi connectivity index (χ1v) is 10.7. The van der Waals surface area contributed by atoms with Crippen LogP contribution in [0, 0.1) is 17.8 Å². The van der Waals surface area contributed by atoms with Crippen LogP contribution in [0.25, 0.3) is 0 Å². The summed E-state index contributed by atoms with van der Waals surface area (Å²) in [6, 6.07) is 0.222. The molecule has 3 rings (SSSR count). The van der Waals surface area contributed by atoms with Crippen molar-refractivity contribution in [1.29, 1.82) is 0 Å². The second kappa shape index (κ2) is 7.70. The molecule has 2 atom stereocenters. The number of carbonyl (C=O) groups is 1. The van der Waals surface area contributed by atoms with Gasteiger partial charge in [0.25, 0.3) is 0 Å². The van der Waals surface area contributed by atoms with Gasteiger partial charge in [0.15, 0.2) is 0 Å². The van der Waals surface area contributed by atoms with Gasteiger partial charge in [-0.25, -0.2) is 8.42 Å². The summed E-state index contributed by atoms with van der Waals surface area (Å²) >= 11 is 0. The van der Waals surface area contributed by atoms with Gasteiger partial charge in [0.2, 0.25) is 5.91 Å². The van der Waals surface area contributed by atoms with Crippen LogP contribution >= 0.6 is 12.4 Å². The van der Waals surface area contributed by atoms with E-state index in [2.05, 4.69) is 10.2 Å². The van der Waals surface area contributed by atoms with Crippen molar-refractivity contribution in [2.45, 2.75) is 44.6 Å². The third-order valence-corrected chi connectivity index (χ3v) is 6.40. The minimum Gasteiger partial charge on any atom is -0.352 e. The lowest BCUT2D eigenvalue weighted by molar-refractivity contribution is -0.121. The lowest BCUT2D eigenvalue weighted by Gasteiger charge is -2.30. The minimum atomic E-state index is -3.06. The standard InChI is InChI=1S/C16H28N2O3S.ClH/c1-22(20,21)8-7-16(19)17-15-11-18(9-12-3-2-4-12)10-14(15)13-5-6-13;/h12-15H,2-11H2,1H3,(H,17,19);1H/t14-,15+;/m1./s1. The van der Waals surface area contributed by atoms with Gasteiger partial charge in [-0.3, -0.25) is 4.79 Å². The lowest BCUT2D eigenvalue weighted by atomic mass is 9.85. The molecule has 1 aliphatic heterocycles. The minimum absolute atomic E-state index is 0. The zero-order valence-electron chi connectivity index (χ0n) is 13.9. The fraction of sp³-hybridized carbons (Fsp3) is 0.938. The van der Waals surface area contributed by atoms with Crippen molar-refractivity contribution in [3.05, 3.63) is 0 Å². The first kappa shape index (κ1) is 19.0. The van der Waals surface area contributed by atoms with Gasteiger partial charge in [0, 0.05) is 38.4 Å². The average molecular weight is 365 g/mol. The molecule has 0 unspecified atom stereocenters. The number of carbonyl (C=O) groups excluding carboxylic acids is 1. The van der Waals surface area contributed by atoms with E-state index in [0.29, 0.717) is 5.92 Å². The maximum atomic E-state index is 12.0. The Morgan fingerprint density at radius 2 is 1.87 bits per heavy atom. The van der Waals surface area contributed by atoms with Crippen molar-refractivity contribution >= 4 is 28.2 Å². The quantitative estimate of drug-likeness (QED) is 0.742. The van der Waals surface area contributed by atoms with Crippen LogP contribution in [0.15, 0.2) is 0 Å². The first-order valence-electron chi connectivity index (χ1n) is 8.60. The molecule has 2 aliphatic carbocycles. The number of nitrogens with zero attached hydrogens (tertiary/aromatic N) is 1. The van der Waals surface area contributed by atoms with Crippen molar-refractivity contribution in [2.75, 3.05) is 31.6 Å². The summed E-state index contributed by atoms with van der Waals surface area (Å²) < 4.78 is 22.4. The molecule has 7 heteroatoms. The summed E-state index contributed by atoms with van der Waals surface area (Å²) in [4.78, 5) is 14.6. The number of likely N-dealkylation sites (tertiary alicyclic amines) is 1. The number of hydrogen-bond acceptors (Lipinski definition) is 4. The van der Waals surface area contributed by atoms with Crippen LogP contribution in [0.3, 0.4) is 0 Å². The summed E-state index contributed by atoms with van der Waals surface area (Å²) in [5, 5.41) is 3.12. The highest BCUT2D eigenvalue weighted by molar-refractivity contribution is 7.90. The lowest BCUT2D eigenvalue weighted by Crippen LogP contribution is -2.42. The maximum Gasteiger partial charge on any atom is 0.221 e. The van der Waals surface area contributed by atoms with E-state index in [-0.39, 0.29) is 36.5 Å². The van der Waals surface area contributed by atoms with Gasteiger partial charge in [-0.15, -0.1) is 12.4 Å². The highest BCUT2D eigenvalue weighted by Gasteiger charge is 2.43. The van der Waals surface area contributed by atoms with Crippen LogP contribution in [0.2, 0.25) is 0 Å². The topological polar surface area (TPSA) is 66.5 Å². The van der Waals surface area contributed by atoms with Crippen molar-refractivity contribution in [1.82, 2.24) is 10.2 Å². The SMILES string of the molecule is CS(=O)(=O)CCC(=O)N[C@H]1CN(CC2CCC2)C[C@@H]1C1CC1.Cl. The molecule has 0 bridgehead atoms. The molecule has 1 amide bonds. The van der Waals surface area contributed by atoms with Gasteiger partial charge in [-0.1, -0.05) is 6.42 Å². The van der Waals surface area contributed by atoms with Crippen molar-refractivity contribution in [2.24, 2.45) is 17.8 Å². The van der Waals surface area contributed by atoms with Crippen molar-refractivity contribution in [3.63, 3.8) is 0 Å². The second-order valence-electron chi connectivity index (χ2n) is 7.57. The molecule has 2 saturated carbocycles. The molecule has 23 heavy (non-hydrogen) atoms. The first-order chi connectivity index (χ1) is 10.4. The van der Waals surface area contributed by atoms with Crippen molar-refractivity contribution < 1.29 is 13.2 Å². The summed E-state index contributed by atoms with van der Waals surface area (Å²) in [6.45, 7) is 3.24. The normalized spacial score (nSPS) is 28.9. The van der Waals surface area contributed by atoms with E-state index < -0.39 is 9.84 Å². The van der Waals surface area contributed by atoms with Gasteiger partial charge in [0.1, 0.15) is 9.84 Å². The zero-order chi connectivity index (χ0) is 15.7. The molecule has 3 aliphatic rings. The van der Waals surface area contributed by atoms with Gasteiger partial charge in [-0.2, -0.15) is 0 Å². The number of hydrogen-bond donors (Lipinski definition) is 1. The molecule has 0 radical (unpaired) electrons. The maximum absolute atomic E-state index is 12.0. The van der Waals surface area contributed by atoms with Crippen LogP contribution in [0.4, 0.5) is 0 Å². The second-order valence-corrected chi connectivity index (χ2v) is 9.83. The van der Waals surface area contributed by atoms with Crippen LogP contribution < -0.4 is 5.32 Å². The van der Waals surface area contributed by atoms with Gasteiger partial charge in [-0.05, 0) is 43.4 Å². The fourth-order valence-electron chi connectivity index (χ4n) is 3.81. The molecule has 1 N–H and O–H groups in total. The number of rotatable bonds is 7. The Labute approximate surface area is 145 Å². The van der Waals surface area contributed by atoms with Crippen molar-refractivity contribution in [3.8, 4) is 0 Å². The van der Waals surface area contributed by atoms with Crippen LogP contribution in [0.1, 0.15) is 38.5 Å². The van der Waals surface area contributed by atoms with E-state index in [1.54, 1.807) is 0 Å². The van der Waals surface area contributed by atoms with E-state index in [1.165, 1.54) is 44.9 Å². The van der Waals surface area contributed by atoms with Crippen LogP contribution in [-0.4, -0.2) is 56.9 Å². The highest BCUT2D eigenvalue weighted by Crippen LogP contribution is 2.42. The van der Waals surface area contributed by atoms with E-state index in [0.717, 1.165) is 24.9 Å². The Morgan fingerprint density at radius 3 is 2.39 bits per heavy atom. The number of halogens is 1. The summed E-state index contributed by atoms with van der Waals surface area (Å²) in [7, 11) is -3.06.